The summed E-state index contributed by atoms with van der Waals surface area (Å²) in [6.07, 6.45) is 0. The third kappa shape index (κ3) is 3.52. The smallest absolute Gasteiger partial charge is 0.130 e. The minimum Gasteiger partial charge on any atom is -0.493 e. The zero-order chi connectivity index (χ0) is 11.9. The molecule has 0 aliphatic carbocycles. The van der Waals surface area contributed by atoms with E-state index in [1.54, 1.807) is 0 Å². The molecule has 0 aliphatic heterocycles. The molecular weight excluding hydrogens is 212 g/mol. The first-order valence-electron chi connectivity index (χ1n) is 5.69. The second-order valence-corrected chi connectivity index (χ2v) is 3.60. The average molecular weight is 227 g/mol. The predicted molar refractivity (Wildman–Crippen MR) is 67.2 cm³/mol. The molecule has 17 heavy (non-hydrogen) atoms. The van der Waals surface area contributed by atoms with Crippen molar-refractivity contribution in [3.63, 3.8) is 0 Å². The molecular formula is C15H15O2. The molecule has 0 unspecified atom stereocenters. The molecule has 87 valence electrons. The minimum absolute atomic E-state index is 0.566. The van der Waals surface area contributed by atoms with Gasteiger partial charge in [0.1, 0.15) is 18.1 Å². The normalized spacial score (nSPS) is 9.94. The number of rotatable bonds is 5. The summed E-state index contributed by atoms with van der Waals surface area (Å²) >= 11 is 0. The van der Waals surface area contributed by atoms with Crippen LogP contribution in [0.15, 0.2) is 48.5 Å². The summed E-state index contributed by atoms with van der Waals surface area (Å²) < 4.78 is 11.0. The molecule has 2 aromatic rings. The van der Waals surface area contributed by atoms with E-state index in [0.29, 0.717) is 13.2 Å². The van der Waals surface area contributed by atoms with E-state index in [0.717, 1.165) is 17.1 Å². The van der Waals surface area contributed by atoms with Crippen molar-refractivity contribution >= 4 is 0 Å². The van der Waals surface area contributed by atoms with Crippen LogP contribution in [0.1, 0.15) is 12.5 Å². The molecule has 1 radical (unpaired) electrons. The van der Waals surface area contributed by atoms with Crippen molar-refractivity contribution in [2.45, 2.75) is 13.5 Å². The van der Waals surface area contributed by atoms with Gasteiger partial charge in [-0.15, -0.1) is 0 Å². The minimum atomic E-state index is 0.566. The molecule has 2 nitrogen and oxygen atoms in total. The lowest BCUT2D eigenvalue weighted by molar-refractivity contribution is 0.299. The molecule has 0 amide bonds. The van der Waals surface area contributed by atoms with E-state index < -0.39 is 0 Å². The van der Waals surface area contributed by atoms with Crippen molar-refractivity contribution < 1.29 is 9.47 Å². The van der Waals surface area contributed by atoms with Gasteiger partial charge < -0.3 is 9.47 Å². The van der Waals surface area contributed by atoms with E-state index in [2.05, 4.69) is 6.07 Å². The summed E-state index contributed by atoms with van der Waals surface area (Å²) in [6.45, 7) is 3.15. The highest BCUT2D eigenvalue weighted by molar-refractivity contribution is 5.32. The Hall–Kier alpha value is -1.96. The fraction of sp³-hybridized carbons (Fsp3) is 0.200. The molecule has 0 saturated heterocycles. The summed E-state index contributed by atoms with van der Waals surface area (Å²) in [7, 11) is 0. The van der Waals surface area contributed by atoms with Crippen LogP contribution in [-0.2, 0) is 6.61 Å². The zero-order valence-electron chi connectivity index (χ0n) is 9.85. The highest BCUT2D eigenvalue weighted by Crippen LogP contribution is 2.19. The molecule has 2 rings (SSSR count). The Morgan fingerprint density at radius 3 is 2.65 bits per heavy atom. The molecule has 0 atom stereocenters. The van der Waals surface area contributed by atoms with Gasteiger partial charge in [-0.2, -0.15) is 0 Å². The molecule has 0 bridgehead atoms. The standard InChI is InChI=1S/C15H15O2/c1-2-16-14-9-6-10-15(11-14)17-12-13-7-4-3-5-8-13/h3-8,10-11H,2,12H2,1H3. The summed E-state index contributed by atoms with van der Waals surface area (Å²) in [5.41, 5.74) is 1.15. The van der Waals surface area contributed by atoms with Gasteiger partial charge in [-0.05, 0) is 24.6 Å². The van der Waals surface area contributed by atoms with Crippen LogP contribution < -0.4 is 9.47 Å². The highest BCUT2D eigenvalue weighted by Gasteiger charge is 1.98. The fourth-order valence-corrected chi connectivity index (χ4v) is 1.49. The molecule has 0 fully saturated rings. The van der Waals surface area contributed by atoms with Crippen LogP contribution in [0.2, 0.25) is 0 Å². The third-order valence-electron chi connectivity index (χ3n) is 2.29. The molecule has 0 aliphatic rings. The lowest BCUT2D eigenvalue weighted by Gasteiger charge is -2.08. The van der Waals surface area contributed by atoms with Gasteiger partial charge in [0.25, 0.3) is 0 Å². The Balaban J connectivity index is 1.97. The van der Waals surface area contributed by atoms with E-state index in [1.807, 2.05) is 55.5 Å². The summed E-state index contributed by atoms with van der Waals surface area (Å²) in [5.74, 6) is 1.52. The van der Waals surface area contributed by atoms with Crippen LogP contribution in [0.3, 0.4) is 0 Å². The maximum Gasteiger partial charge on any atom is 0.130 e. The summed E-state index contributed by atoms with van der Waals surface area (Å²) in [6, 6.07) is 18.6. The summed E-state index contributed by atoms with van der Waals surface area (Å²) in [5, 5.41) is 0. The Morgan fingerprint density at radius 2 is 1.88 bits per heavy atom. The van der Waals surface area contributed by atoms with Crippen molar-refractivity contribution in [2.75, 3.05) is 6.61 Å². The first-order valence-corrected chi connectivity index (χ1v) is 5.69. The van der Waals surface area contributed by atoms with Crippen LogP contribution in [0.4, 0.5) is 0 Å². The largest absolute Gasteiger partial charge is 0.493 e. The quantitative estimate of drug-likeness (QED) is 0.778. The van der Waals surface area contributed by atoms with Crippen LogP contribution in [0.25, 0.3) is 0 Å². The van der Waals surface area contributed by atoms with Gasteiger partial charge in [-0.3, -0.25) is 0 Å². The lowest BCUT2D eigenvalue weighted by atomic mass is 10.2. The van der Waals surface area contributed by atoms with Crippen molar-refractivity contribution in [3.05, 3.63) is 60.2 Å². The third-order valence-corrected chi connectivity index (χ3v) is 2.29. The molecule has 0 heterocycles. The van der Waals surface area contributed by atoms with Crippen LogP contribution in [0, 0.1) is 6.07 Å². The fourth-order valence-electron chi connectivity index (χ4n) is 1.49. The Morgan fingerprint density at radius 1 is 1.06 bits per heavy atom. The van der Waals surface area contributed by atoms with Crippen LogP contribution >= 0.6 is 0 Å². The second-order valence-electron chi connectivity index (χ2n) is 3.60. The predicted octanol–water partition coefficient (Wildman–Crippen LogP) is 3.46. The van der Waals surface area contributed by atoms with E-state index in [9.17, 15) is 0 Å². The maximum absolute atomic E-state index is 5.68. The average Bonchev–Trinajstić information content (AvgIpc) is 2.39. The van der Waals surface area contributed by atoms with Crippen molar-refractivity contribution in [2.24, 2.45) is 0 Å². The molecule has 2 heteroatoms. The van der Waals surface area contributed by atoms with Gasteiger partial charge in [0.2, 0.25) is 0 Å². The topological polar surface area (TPSA) is 18.5 Å². The van der Waals surface area contributed by atoms with Gasteiger partial charge in [0, 0.05) is 12.1 Å². The molecule has 0 spiro atoms. The van der Waals surface area contributed by atoms with Gasteiger partial charge in [0.15, 0.2) is 0 Å². The van der Waals surface area contributed by atoms with E-state index >= 15 is 0 Å². The monoisotopic (exact) mass is 227 g/mol. The van der Waals surface area contributed by atoms with E-state index in [-0.39, 0.29) is 0 Å². The van der Waals surface area contributed by atoms with Crippen LogP contribution in [0.5, 0.6) is 11.5 Å². The van der Waals surface area contributed by atoms with Crippen molar-refractivity contribution in [3.8, 4) is 11.5 Å². The Bertz CT molecular complexity index is 451. The Labute approximate surface area is 102 Å². The van der Waals surface area contributed by atoms with Gasteiger partial charge in [0.05, 0.1) is 6.61 Å². The highest BCUT2D eigenvalue weighted by atomic mass is 16.5. The van der Waals surface area contributed by atoms with Gasteiger partial charge in [-0.25, -0.2) is 0 Å². The molecule has 0 saturated carbocycles. The second kappa shape index (κ2) is 5.94. The van der Waals surface area contributed by atoms with E-state index in [1.165, 1.54) is 0 Å². The first-order chi connectivity index (χ1) is 8.38. The number of hydrogen-bond donors (Lipinski definition) is 0. The van der Waals surface area contributed by atoms with E-state index in [4.69, 9.17) is 9.47 Å². The summed E-state index contributed by atoms with van der Waals surface area (Å²) in [4.78, 5) is 0. The molecule has 0 N–H and O–H groups in total. The lowest BCUT2D eigenvalue weighted by Crippen LogP contribution is -1.96. The molecule has 0 aromatic heterocycles. The van der Waals surface area contributed by atoms with Crippen molar-refractivity contribution in [1.29, 1.82) is 0 Å². The number of benzene rings is 2. The van der Waals surface area contributed by atoms with Gasteiger partial charge in [-0.1, -0.05) is 30.3 Å². The SMILES string of the molecule is CCOc1[c]ccc(OCc2ccccc2)c1. The number of hydrogen-bond acceptors (Lipinski definition) is 2. The zero-order valence-corrected chi connectivity index (χ0v) is 9.85. The van der Waals surface area contributed by atoms with Crippen LogP contribution in [-0.4, -0.2) is 6.61 Å². The Kier molecular flexibility index (Phi) is 4.03. The molecule has 2 aromatic carbocycles. The maximum atomic E-state index is 5.68. The first kappa shape index (κ1) is 11.5. The van der Waals surface area contributed by atoms with Crippen molar-refractivity contribution in [1.82, 2.24) is 0 Å². The number of ether oxygens (including phenoxy) is 2. The van der Waals surface area contributed by atoms with Gasteiger partial charge >= 0.3 is 0 Å².